The molecule has 0 saturated heterocycles. The lowest BCUT2D eigenvalue weighted by atomic mass is 10.0. The van der Waals surface area contributed by atoms with Gasteiger partial charge < -0.3 is 16.2 Å². The van der Waals surface area contributed by atoms with Gasteiger partial charge >= 0.3 is 0 Å². The Kier molecular flexibility index (Phi) is 4.05. The maximum Gasteiger partial charge on any atom is 0.129 e. The summed E-state index contributed by atoms with van der Waals surface area (Å²) in [7, 11) is 0. The predicted octanol–water partition coefficient (Wildman–Crippen LogP) is 1.00. The number of anilines is 1. The van der Waals surface area contributed by atoms with E-state index in [9.17, 15) is 5.11 Å². The van der Waals surface area contributed by atoms with Gasteiger partial charge in [-0.25, -0.2) is 4.98 Å². The van der Waals surface area contributed by atoms with Gasteiger partial charge in [0.2, 0.25) is 0 Å². The second-order valence-corrected chi connectivity index (χ2v) is 4.01. The zero-order valence-corrected chi connectivity index (χ0v) is 9.49. The molecule has 4 heteroatoms. The number of hydrogen-bond acceptors (Lipinski definition) is 4. The Labute approximate surface area is 90.5 Å². The molecule has 0 bridgehead atoms. The lowest BCUT2D eigenvalue weighted by molar-refractivity contribution is 0.171. The number of nitrogens with one attached hydrogen (secondary N) is 1. The standard InChI is InChI=1S/C11H19N3O/c1-7(2)14-6-9(15)10-8(3)4-5-13-11(10)12/h4-5,7,9,14-15H,6H2,1-3H3,(H2,12,13). The van der Waals surface area contributed by atoms with Crippen LogP contribution in [0.3, 0.4) is 0 Å². The summed E-state index contributed by atoms with van der Waals surface area (Å²) >= 11 is 0. The molecular weight excluding hydrogens is 190 g/mol. The monoisotopic (exact) mass is 209 g/mol. The molecule has 0 aliphatic carbocycles. The quantitative estimate of drug-likeness (QED) is 0.692. The van der Waals surface area contributed by atoms with Crippen molar-refractivity contribution >= 4 is 5.82 Å². The molecule has 0 saturated carbocycles. The van der Waals surface area contributed by atoms with Crippen molar-refractivity contribution in [2.75, 3.05) is 12.3 Å². The first kappa shape index (κ1) is 11.9. The van der Waals surface area contributed by atoms with Crippen LogP contribution >= 0.6 is 0 Å². The van der Waals surface area contributed by atoms with E-state index < -0.39 is 6.10 Å². The summed E-state index contributed by atoms with van der Waals surface area (Å²) in [6.07, 6.45) is 1.05. The number of aliphatic hydroxyl groups is 1. The van der Waals surface area contributed by atoms with Crippen molar-refractivity contribution in [2.45, 2.75) is 32.9 Å². The van der Waals surface area contributed by atoms with Crippen molar-refractivity contribution in [1.82, 2.24) is 10.3 Å². The molecule has 0 amide bonds. The average Bonchev–Trinajstić information content (AvgIpc) is 2.14. The molecule has 1 aromatic rings. The summed E-state index contributed by atoms with van der Waals surface area (Å²) in [4.78, 5) is 3.98. The van der Waals surface area contributed by atoms with E-state index >= 15 is 0 Å². The van der Waals surface area contributed by atoms with Gasteiger partial charge in [0, 0.05) is 24.3 Å². The fourth-order valence-electron chi connectivity index (χ4n) is 1.47. The number of nitrogens with two attached hydrogens (primary N) is 1. The van der Waals surface area contributed by atoms with Crippen molar-refractivity contribution in [2.24, 2.45) is 0 Å². The second kappa shape index (κ2) is 5.09. The number of rotatable bonds is 4. The lowest BCUT2D eigenvalue weighted by Gasteiger charge is -2.17. The van der Waals surface area contributed by atoms with E-state index in [1.54, 1.807) is 6.20 Å². The minimum atomic E-state index is -0.596. The molecule has 0 aliphatic rings. The van der Waals surface area contributed by atoms with Crippen LogP contribution in [0.25, 0.3) is 0 Å². The largest absolute Gasteiger partial charge is 0.387 e. The highest BCUT2D eigenvalue weighted by Gasteiger charge is 2.14. The fraction of sp³-hybridized carbons (Fsp3) is 0.545. The van der Waals surface area contributed by atoms with Crippen LogP contribution in [0.2, 0.25) is 0 Å². The summed E-state index contributed by atoms with van der Waals surface area (Å²) in [6.45, 7) is 6.48. The van der Waals surface area contributed by atoms with E-state index in [4.69, 9.17) is 5.73 Å². The van der Waals surface area contributed by atoms with Gasteiger partial charge in [-0.1, -0.05) is 13.8 Å². The topological polar surface area (TPSA) is 71.2 Å². The number of hydrogen-bond donors (Lipinski definition) is 3. The first-order chi connectivity index (χ1) is 7.02. The number of aliphatic hydroxyl groups excluding tert-OH is 1. The SMILES string of the molecule is Cc1ccnc(N)c1C(O)CNC(C)C. The lowest BCUT2D eigenvalue weighted by Crippen LogP contribution is -2.28. The molecule has 1 heterocycles. The number of nitrogen functional groups attached to an aromatic ring is 1. The van der Waals surface area contributed by atoms with Gasteiger partial charge in [0.1, 0.15) is 5.82 Å². The number of aryl methyl sites for hydroxylation is 1. The number of nitrogens with zero attached hydrogens (tertiary/aromatic N) is 1. The van der Waals surface area contributed by atoms with Gasteiger partial charge in [0.05, 0.1) is 6.10 Å². The van der Waals surface area contributed by atoms with Crippen molar-refractivity contribution in [1.29, 1.82) is 0 Å². The van der Waals surface area contributed by atoms with Gasteiger partial charge in [-0.05, 0) is 18.6 Å². The van der Waals surface area contributed by atoms with Gasteiger partial charge in [0.25, 0.3) is 0 Å². The third-order valence-electron chi connectivity index (χ3n) is 2.29. The van der Waals surface area contributed by atoms with Crippen LogP contribution in [-0.4, -0.2) is 22.7 Å². The zero-order valence-electron chi connectivity index (χ0n) is 9.49. The predicted molar refractivity (Wildman–Crippen MR) is 61.5 cm³/mol. The Morgan fingerprint density at radius 1 is 1.53 bits per heavy atom. The maximum absolute atomic E-state index is 9.95. The molecule has 0 radical (unpaired) electrons. The van der Waals surface area contributed by atoms with Crippen molar-refractivity contribution in [3.05, 3.63) is 23.4 Å². The van der Waals surface area contributed by atoms with Crippen molar-refractivity contribution in [3.63, 3.8) is 0 Å². The molecule has 1 unspecified atom stereocenters. The molecule has 1 rings (SSSR count). The first-order valence-electron chi connectivity index (χ1n) is 5.14. The van der Waals surface area contributed by atoms with Crippen LogP contribution in [0.15, 0.2) is 12.3 Å². The maximum atomic E-state index is 9.95. The minimum Gasteiger partial charge on any atom is -0.387 e. The van der Waals surface area contributed by atoms with Crippen molar-refractivity contribution < 1.29 is 5.11 Å². The van der Waals surface area contributed by atoms with Gasteiger partial charge in [-0.2, -0.15) is 0 Å². The number of aromatic nitrogens is 1. The average molecular weight is 209 g/mol. The Bertz CT molecular complexity index is 305. The molecule has 0 spiro atoms. The van der Waals surface area contributed by atoms with E-state index in [2.05, 4.69) is 10.3 Å². The number of pyridine rings is 1. The fourth-order valence-corrected chi connectivity index (χ4v) is 1.47. The summed E-state index contributed by atoms with van der Waals surface area (Å²) in [6, 6.07) is 2.20. The molecule has 4 N–H and O–H groups in total. The van der Waals surface area contributed by atoms with E-state index in [1.165, 1.54) is 0 Å². The third kappa shape index (κ3) is 3.18. The minimum absolute atomic E-state index is 0.345. The van der Waals surface area contributed by atoms with E-state index in [0.717, 1.165) is 11.1 Å². The van der Waals surface area contributed by atoms with Crippen LogP contribution in [0, 0.1) is 6.92 Å². The summed E-state index contributed by atoms with van der Waals surface area (Å²) in [5.41, 5.74) is 7.43. The van der Waals surface area contributed by atoms with Crippen LogP contribution in [0.4, 0.5) is 5.82 Å². The highest BCUT2D eigenvalue weighted by Crippen LogP contribution is 2.21. The third-order valence-corrected chi connectivity index (χ3v) is 2.29. The molecule has 0 aliphatic heterocycles. The van der Waals surface area contributed by atoms with Gasteiger partial charge in [-0.3, -0.25) is 0 Å². The Morgan fingerprint density at radius 3 is 2.73 bits per heavy atom. The highest BCUT2D eigenvalue weighted by molar-refractivity contribution is 5.45. The van der Waals surface area contributed by atoms with Crippen LogP contribution < -0.4 is 11.1 Å². The van der Waals surface area contributed by atoms with E-state index in [1.807, 2.05) is 26.8 Å². The van der Waals surface area contributed by atoms with Crippen LogP contribution in [0.1, 0.15) is 31.1 Å². The van der Waals surface area contributed by atoms with E-state index in [0.29, 0.717) is 18.4 Å². The van der Waals surface area contributed by atoms with Crippen LogP contribution in [0.5, 0.6) is 0 Å². The molecule has 0 fully saturated rings. The molecule has 1 atom stereocenters. The molecule has 0 aromatic carbocycles. The van der Waals surface area contributed by atoms with Gasteiger partial charge in [-0.15, -0.1) is 0 Å². The Morgan fingerprint density at radius 2 is 2.20 bits per heavy atom. The summed E-state index contributed by atoms with van der Waals surface area (Å²) in [5, 5.41) is 13.1. The Balaban J connectivity index is 2.77. The first-order valence-corrected chi connectivity index (χ1v) is 5.14. The smallest absolute Gasteiger partial charge is 0.129 e. The second-order valence-electron chi connectivity index (χ2n) is 4.01. The van der Waals surface area contributed by atoms with Crippen molar-refractivity contribution in [3.8, 4) is 0 Å². The van der Waals surface area contributed by atoms with E-state index in [-0.39, 0.29) is 0 Å². The molecule has 15 heavy (non-hydrogen) atoms. The summed E-state index contributed by atoms with van der Waals surface area (Å²) < 4.78 is 0. The molecule has 1 aromatic heterocycles. The molecule has 4 nitrogen and oxygen atoms in total. The Hall–Kier alpha value is -1.13. The highest BCUT2D eigenvalue weighted by atomic mass is 16.3. The van der Waals surface area contributed by atoms with Gasteiger partial charge in [0.15, 0.2) is 0 Å². The molecule has 84 valence electrons. The normalized spacial score (nSPS) is 13.1. The molecular formula is C11H19N3O. The zero-order chi connectivity index (χ0) is 11.4. The summed E-state index contributed by atoms with van der Waals surface area (Å²) in [5.74, 6) is 0.410. The van der Waals surface area contributed by atoms with Crippen LogP contribution in [-0.2, 0) is 0 Å².